The van der Waals surface area contributed by atoms with E-state index in [2.05, 4.69) is 5.32 Å². The lowest BCUT2D eigenvalue weighted by molar-refractivity contribution is -0.384. The molecule has 0 spiro atoms. The Morgan fingerprint density at radius 3 is 2.56 bits per heavy atom. The van der Waals surface area contributed by atoms with E-state index in [-0.39, 0.29) is 28.9 Å². The first kappa shape index (κ1) is 17.3. The Kier molecular flexibility index (Phi) is 4.44. The van der Waals surface area contributed by atoms with Crippen LogP contribution >= 0.6 is 0 Å². The zero-order valence-electron chi connectivity index (χ0n) is 13.3. The molecule has 0 aromatic heterocycles. The van der Waals surface area contributed by atoms with Crippen LogP contribution in [0.25, 0.3) is 0 Å². The molecule has 0 saturated heterocycles. The molecule has 1 atom stereocenters. The second-order valence-corrected chi connectivity index (χ2v) is 7.70. The number of nitrogens with zero attached hydrogens (tertiary/aromatic N) is 2. The van der Waals surface area contributed by atoms with Crippen LogP contribution in [0.5, 0.6) is 0 Å². The minimum atomic E-state index is -3.99. The number of hydrogen-bond acceptors (Lipinski definition) is 5. The SMILES string of the molecule is CC1CN(S(=O)(=O)c2ccc([N+](=O)[O-])cc2)c2cc(F)ccc2CN1. The topological polar surface area (TPSA) is 92.5 Å². The Morgan fingerprint density at radius 2 is 1.92 bits per heavy atom. The van der Waals surface area contributed by atoms with Crippen molar-refractivity contribution in [2.75, 3.05) is 10.8 Å². The van der Waals surface area contributed by atoms with Crippen LogP contribution in [-0.4, -0.2) is 25.9 Å². The predicted octanol–water partition coefficient (Wildman–Crippen LogP) is 2.42. The number of anilines is 1. The van der Waals surface area contributed by atoms with Gasteiger partial charge in [-0.1, -0.05) is 6.07 Å². The molecular weight excluding hydrogens is 349 g/mol. The maximum absolute atomic E-state index is 13.7. The second kappa shape index (κ2) is 6.41. The average molecular weight is 365 g/mol. The van der Waals surface area contributed by atoms with Crippen LogP contribution in [0.3, 0.4) is 0 Å². The van der Waals surface area contributed by atoms with Crippen molar-refractivity contribution in [3.05, 3.63) is 64.0 Å². The first-order chi connectivity index (χ1) is 11.8. The quantitative estimate of drug-likeness (QED) is 0.666. The summed E-state index contributed by atoms with van der Waals surface area (Å²) < 4.78 is 41.0. The van der Waals surface area contributed by atoms with E-state index >= 15 is 0 Å². The Labute approximate surface area is 144 Å². The van der Waals surface area contributed by atoms with Crippen LogP contribution in [-0.2, 0) is 16.6 Å². The van der Waals surface area contributed by atoms with Crippen molar-refractivity contribution in [3.8, 4) is 0 Å². The molecule has 2 aromatic carbocycles. The number of non-ortho nitro benzene ring substituents is 1. The molecular formula is C16H16FN3O4S. The molecule has 9 heteroatoms. The van der Waals surface area contributed by atoms with Gasteiger partial charge in [0.25, 0.3) is 15.7 Å². The summed E-state index contributed by atoms with van der Waals surface area (Å²) in [5.41, 5.74) is 0.739. The lowest BCUT2D eigenvalue weighted by Gasteiger charge is -2.26. The summed E-state index contributed by atoms with van der Waals surface area (Å²) in [4.78, 5) is 10.1. The fourth-order valence-electron chi connectivity index (χ4n) is 2.71. The number of benzene rings is 2. The molecule has 1 aliphatic heterocycles. The van der Waals surface area contributed by atoms with Crippen LogP contribution in [0, 0.1) is 15.9 Å². The van der Waals surface area contributed by atoms with Crippen LogP contribution in [0.2, 0.25) is 0 Å². The summed E-state index contributed by atoms with van der Waals surface area (Å²) in [5, 5.41) is 13.9. The molecule has 0 fully saturated rings. The highest BCUT2D eigenvalue weighted by molar-refractivity contribution is 7.92. The van der Waals surface area contributed by atoms with Crippen molar-refractivity contribution in [2.45, 2.75) is 24.4 Å². The molecule has 0 radical (unpaired) electrons. The lowest BCUT2D eigenvalue weighted by atomic mass is 10.2. The fourth-order valence-corrected chi connectivity index (χ4v) is 4.29. The molecule has 1 heterocycles. The number of nitro benzene ring substituents is 1. The van der Waals surface area contributed by atoms with Gasteiger partial charge in [0.15, 0.2) is 0 Å². The van der Waals surface area contributed by atoms with E-state index in [0.29, 0.717) is 12.1 Å². The summed E-state index contributed by atoms with van der Waals surface area (Å²) >= 11 is 0. The summed E-state index contributed by atoms with van der Waals surface area (Å²) in [7, 11) is -3.99. The van der Waals surface area contributed by atoms with E-state index in [1.165, 1.54) is 24.3 Å². The largest absolute Gasteiger partial charge is 0.308 e. The molecule has 132 valence electrons. The number of nitrogens with one attached hydrogen (secondary N) is 1. The summed E-state index contributed by atoms with van der Waals surface area (Å²) in [6, 6.07) is 8.53. The standard InChI is InChI=1S/C16H16FN3O4S/c1-11-10-19(16-8-13(17)3-2-12(16)9-18-11)25(23,24)15-6-4-14(5-7-15)20(21)22/h2-8,11,18H,9-10H2,1H3. The molecule has 25 heavy (non-hydrogen) atoms. The van der Waals surface area contributed by atoms with Gasteiger partial charge in [0.1, 0.15) is 5.82 Å². The highest BCUT2D eigenvalue weighted by Crippen LogP contribution is 2.30. The highest BCUT2D eigenvalue weighted by atomic mass is 32.2. The van der Waals surface area contributed by atoms with Crippen molar-refractivity contribution in [2.24, 2.45) is 0 Å². The minimum Gasteiger partial charge on any atom is -0.308 e. The van der Waals surface area contributed by atoms with Gasteiger partial charge in [0, 0.05) is 31.3 Å². The number of halogens is 1. The van der Waals surface area contributed by atoms with Gasteiger partial charge in [-0.2, -0.15) is 0 Å². The third kappa shape index (κ3) is 3.33. The number of sulfonamides is 1. The van der Waals surface area contributed by atoms with Gasteiger partial charge in [0.05, 0.1) is 15.5 Å². The molecule has 7 nitrogen and oxygen atoms in total. The Hall–Kier alpha value is -2.52. The van der Waals surface area contributed by atoms with E-state index < -0.39 is 20.8 Å². The number of rotatable bonds is 3. The maximum Gasteiger partial charge on any atom is 0.269 e. The predicted molar refractivity (Wildman–Crippen MR) is 90.3 cm³/mol. The Bertz CT molecular complexity index is 915. The lowest BCUT2D eigenvalue weighted by Crippen LogP contribution is -2.39. The average Bonchev–Trinajstić information content (AvgIpc) is 2.74. The molecule has 2 aromatic rings. The molecule has 0 amide bonds. The zero-order valence-corrected chi connectivity index (χ0v) is 14.2. The van der Waals surface area contributed by atoms with Gasteiger partial charge < -0.3 is 5.32 Å². The van der Waals surface area contributed by atoms with E-state index in [1.54, 1.807) is 6.07 Å². The monoisotopic (exact) mass is 365 g/mol. The van der Waals surface area contributed by atoms with E-state index in [0.717, 1.165) is 16.4 Å². The van der Waals surface area contributed by atoms with Gasteiger partial charge in [-0.25, -0.2) is 12.8 Å². The number of hydrogen-bond donors (Lipinski definition) is 1. The molecule has 0 bridgehead atoms. The van der Waals surface area contributed by atoms with Crippen molar-refractivity contribution >= 4 is 21.4 Å². The van der Waals surface area contributed by atoms with Crippen molar-refractivity contribution < 1.29 is 17.7 Å². The molecule has 1 unspecified atom stereocenters. The zero-order chi connectivity index (χ0) is 18.2. The molecule has 3 rings (SSSR count). The van der Waals surface area contributed by atoms with E-state index in [4.69, 9.17) is 0 Å². The van der Waals surface area contributed by atoms with Gasteiger partial charge in [-0.15, -0.1) is 0 Å². The van der Waals surface area contributed by atoms with Crippen molar-refractivity contribution in [3.63, 3.8) is 0 Å². The van der Waals surface area contributed by atoms with Gasteiger partial charge in [0.2, 0.25) is 0 Å². The van der Waals surface area contributed by atoms with Crippen LogP contribution < -0.4 is 9.62 Å². The van der Waals surface area contributed by atoms with Crippen LogP contribution in [0.1, 0.15) is 12.5 Å². The second-order valence-electron chi connectivity index (χ2n) is 5.84. The normalized spacial score (nSPS) is 17.7. The third-order valence-corrected chi connectivity index (χ3v) is 5.83. The Balaban J connectivity index is 2.09. The summed E-state index contributed by atoms with van der Waals surface area (Å²) in [5.74, 6) is -0.530. The van der Waals surface area contributed by atoms with Crippen LogP contribution in [0.4, 0.5) is 15.8 Å². The van der Waals surface area contributed by atoms with E-state index in [9.17, 15) is 22.9 Å². The third-order valence-electron chi connectivity index (χ3n) is 4.03. The summed E-state index contributed by atoms with van der Waals surface area (Å²) in [6.45, 7) is 2.37. The molecule has 0 saturated carbocycles. The molecule has 0 aliphatic carbocycles. The van der Waals surface area contributed by atoms with Crippen molar-refractivity contribution in [1.29, 1.82) is 0 Å². The van der Waals surface area contributed by atoms with Crippen LogP contribution in [0.15, 0.2) is 47.4 Å². The molecule has 1 aliphatic rings. The number of fused-ring (bicyclic) bond motifs is 1. The van der Waals surface area contributed by atoms with Gasteiger partial charge in [-0.05, 0) is 36.8 Å². The minimum absolute atomic E-state index is 0.0811. The fraction of sp³-hybridized carbons (Fsp3) is 0.250. The number of nitro groups is 1. The first-order valence-corrected chi connectivity index (χ1v) is 9.02. The van der Waals surface area contributed by atoms with Gasteiger partial charge >= 0.3 is 0 Å². The molecule has 1 N–H and O–H groups in total. The first-order valence-electron chi connectivity index (χ1n) is 7.58. The van der Waals surface area contributed by atoms with E-state index in [1.807, 2.05) is 6.92 Å². The summed E-state index contributed by atoms with van der Waals surface area (Å²) in [6.07, 6.45) is 0. The smallest absolute Gasteiger partial charge is 0.269 e. The maximum atomic E-state index is 13.7. The highest BCUT2D eigenvalue weighted by Gasteiger charge is 2.30. The Morgan fingerprint density at radius 1 is 1.24 bits per heavy atom. The van der Waals surface area contributed by atoms with Crippen molar-refractivity contribution in [1.82, 2.24) is 5.32 Å². The van der Waals surface area contributed by atoms with Gasteiger partial charge in [-0.3, -0.25) is 14.4 Å².